The van der Waals surface area contributed by atoms with Gasteiger partial charge in [-0.1, -0.05) is 13.8 Å². The van der Waals surface area contributed by atoms with Crippen LogP contribution in [0.1, 0.15) is 66.9 Å². The number of rotatable bonds is 7. The van der Waals surface area contributed by atoms with Crippen LogP contribution in [0, 0.1) is 0 Å². The molecule has 6 heteroatoms. The Morgan fingerprint density at radius 2 is 1.74 bits per heavy atom. The summed E-state index contributed by atoms with van der Waals surface area (Å²) in [6.07, 6.45) is 0. The SMILES string of the molecule is CCN(c1cc(C(C)C)cc(C(=O)Nc2ccc(C(=O)O)cc2)n1)C(C)C. The van der Waals surface area contributed by atoms with Gasteiger partial charge in [-0.05, 0) is 68.7 Å². The van der Waals surface area contributed by atoms with Crippen LogP contribution in [0.4, 0.5) is 11.5 Å². The fourth-order valence-electron chi connectivity index (χ4n) is 2.82. The minimum Gasteiger partial charge on any atom is -0.478 e. The number of carboxylic acid groups (broad SMARTS) is 1. The molecule has 0 atom stereocenters. The van der Waals surface area contributed by atoms with Crippen LogP contribution in [-0.4, -0.2) is 34.6 Å². The number of hydrogen-bond donors (Lipinski definition) is 2. The molecule has 144 valence electrons. The van der Waals surface area contributed by atoms with Crippen molar-refractivity contribution in [2.24, 2.45) is 0 Å². The fraction of sp³-hybridized carbons (Fsp3) is 0.381. The molecule has 1 amide bonds. The van der Waals surface area contributed by atoms with Crippen LogP contribution < -0.4 is 10.2 Å². The van der Waals surface area contributed by atoms with E-state index in [1.807, 2.05) is 12.1 Å². The summed E-state index contributed by atoms with van der Waals surface area (Å²) in [6.45, 7) is 11.2. The summed E-state index contributed by atoms with van der Waals surface area (Å²) in [5.74, 6) is -0.275. The number of nitrogens with one attached hydrogen (secondary N) is 1. The standard InChI is InChI=1S/C21H27N3O3/c1-6-24(14(4)5)19-12-16(13(2)3)11-18(23-19)20(25)22-17-9-7-15(8-10-17)21(26)27/h7-14H,6H2,1-5H3,(H,22,25)(H,26,27). The van der Waals surface area contributed by atoms with Gasteiger partial charge < -0.3 is 15.3 Å². The second-order valence-electron chi connectivity index (χ2n) is 7.02. The van der Waals surface area contributed by atoms with E-state index in [2.05, 4.69) is 49.8 Å². The van der Waals surface area contributed by atoms with E-state index in [-0.39, 0.29) is 23.4 Å². The highest BCUT2D eigenvalue weighted by Gasteiger charge is 2.17. The number of aromatic carboxylic acids is 1. The molecule has 1 heterocycles. The van der Waals surface area contributed by atoms with Crippen molar-refractivity contribution in [2.75, 3.05) is 16.8 Å². The summed E-state index contributed by atoms with van der Waals surface area (Å²) in [5.41, 5.74) is 2.09. The van der Waals surface area contributed by atoms with Crippen LogP contribution in [0.15, 0.2) is 36.4 Å². The van der Waals surface area contributed by atoms with Crippen molar-refractivity contribution in [3.8, 4) is 0 Å². The van der Waals surface area contributed by atoms with Gasteiger partial charge in [0.25, 0.3) is 5.91 Å². The topological polar surface area (TPSA) is 82.5 Å². The van der Waals surface area contributed by atoms with Crippen molar-refractivity contribution in [1.29, 1.82) is 0 Å². The van der Waals surface area contributed by atoms with E-state index in [4.69, 9.17) is 5.11 Å². The number of amides is 1. The van der Waals surface area contributed by atoms with Crippen LogP contribution in [-0.2, 0) is 0 Å². The van der Waals surface area contributed by atoms with Crippen molar-refractivity contribution < 1.29 is 14.7 Å². The Morgan fingerprint density at radius 1 is 1.11 bits per heavy atom. The van der Waals surface area contributed by atoms with Crippen molar-refractivity contribution in [2.45, 2.75) is 46.6 Å². The molecule has 0 saturated heterocycles. The molecule has 6 nitrogen and oxygen atoms in total. The van der Waals surface area contributed by atoms with E-state index < -0.39 is 5.97 Å². The smallest absolute Gasteiger partial charge is 0.335 e. The molecule has 1 aromatic heterocycles. The van der Waals surface area contributed by atoms with Crippen LogP contribution >= 0.6 is 0 Å². The van der Waals surface area contributed by atoms with Crippen LogP contribution in [0.25, 0.3) is 0 Å². The molecule has 0 spiro atoms. The number of carbonyl (C=O) groups is 2. The molecule has 0 radical (unpaired) electrons. The van der Waals surface area contributed by atoms with Gasteiger partial charge in [0.2, 0.25) is 0 Å². The second kappa shape index (κ2) is 8.66. The van der Waals surface area contributed by atoms with Gasteiger partial charge in [0.05, 0.1) is 5.56 Å². The van der Waals surface area contributed by atoms with Gasteiger partial charge in [0.15, 0.2) is 0 Å². The van der Waals surface area contributed by atoms with Crippen LogP contribution in [0.2, 0.25) is 0 Å². The number of benzene rings is 1. The third kappa shape index (κ3) is 5.06. The van der Waals surface area contributed by atoms with E-state index in [1.54, 1.807) is 12.1 Å². The highest BCUT2D eigenvalue weighted by atomic mass is 16.4. The van der Waals surface area contributed by atoms with Crippen LogP contribution in [0.5, 0.6) is 0 Å². The lowest BCUT2D eigenvalue weighted by Crippen LogP contribution is -2.32. The lowest BCUT2D eigenvalue weighted by Gasteiger charge is -2.27. The second-order valence-corrected chi connectivity index (χ2v) is 7.02. The summed E-state index contributed by atoms with van der Waals surface area (Å²) < 4.78 is 0. The molecule has 0 aliphatic heterocycles. The Morgan fingerprint density at radius 3 is 2.22 bits per heavy atom. The Labute approximate surface area is 160 Å². The number of hydrogen-bond acceptors (Lipinski definition) is 4. The highest BCUT2D eigenvalue weighted by Crippen LogP contribution is 2.23. The van der Waals surface area contributed by atoms with Crippen LogP contribution in [0.3, 0.4) is 0 Å². The molecule has 2 aromatic rings. The maximum absolute atomic E-state index is 12.7. The molecule has 0 saturated carbocycles. The maximum Gasteiger partial charge on any atom is 0.335 e. The van der Waals surface area contributed by atoms with E-state index in [0.717, 1.165) is 17.9 Å². The summed E-state index contributed by atoms with van der Waals surface area (Å²) >= 11 is 0. The van der Waals surface area contributed by atoms with E-state index in [1.165, 1.54) is 12.1 Å². The first-order chi connectivity index (χ1) is 12.7. The van der Waals surface area contributed by atoms with Crippen molar-refractivity contribution in [1.82, 2.24) is 4.98 Å². The first-order valence-corrected chi connectivity index (χ1v) is 9.16. The minimum absolute atomic E-state index is 0.172. The molecule has 2 N–H and O–H groups in total. The van der Waals surface area contributed by atoms with Gasteiger partial charge >= 0.3 is 5.97 Å². The zero-order valence-corrected chi connectivity index (χ0v) is 16.5. The summed E-state index contributed by atoms with van der Waals surface area (Å²) in [7, 11) is 0. The highest BCUT2D eigenvalue weighted by molar-refractivity contribution is 6.03. The largest absolute Gasteiger partial charge is 0.478 e. The number of anilines is 2. The zero-order valence-electron chi connectivity index (χ0n) is 16.5. The molecular weight excluding hydrogens is 342 g/mol. The number of aromatic nitrogens is 1. The van der Waals surface area contributed by atoms with Gasteiger partial charge in [-0.2, -0.15) is 0 Å². The number of pyridine rings is 1. The van der Waals surface area contributed by atoms with Crippen molar-refractivity contribution >= 4 is 23.4 Å². The zero-order chi connectivity index (χ0) is 20.1. The van der Waals surface area contributed by atoms with Gasteiger partial charge in [-0.25, -0.2) is 9.78 Å². The molecule has 0 bridgehead atoms. The lowest BCUT2D eigenvalue weighted by atomic mass is 10.0. The molecule has 27 heavy (non-hydrogen) atoms. The third-order valence-electron chi connectivity index (χ3n) is 4.38. The van der Waals surface area contributed by atoms with E-state index in [9.17, 15) is 9.59 Å². The van der Waals surface area contributed by atoms with Gasteiger partial charge in [-0.15, -0.1) is 0 Å². The predicted molar refractivity (Wildman–Crippen MR) is 108 cm³/mol. The summed E-state index contributed by atoms with van der Waals surface area (Å²) in [4.78, 5) is 30.4. The minimum atomic E-state index is -1.00. The molecule has 1 aromatic carbocycles. The number of carboxylic acids is 1. The quantitative estimate of drug-likeness (QED) is 0.756. The Balaban J connectivity index is 2.33. The summed E-state index contributed by atoms with van der Waals surface area (Å²) in [6, 6.07) is 10.2. The third-order valence-corrected chi connectivity index (χ3v) is 4.38. The number of nitrogens with zero attached hydrogens (tertiary/aromatic N) is 2. The fourth-order valence-corrected chi connectivity index (χ4v) is 2.82. The van der Waals surface area contributed by atoms with E-state index in [0.29, 0.717) is 11.4 Å². The average molecular weight is 369 g/mol. The molecular formula is C21H27N3O3. The average Bonchev–Trinajstić information content (AvgIpc) is 2.62. The van der Waals surface area contributed by atoms with Gasteiger partial charge in [0.1, 0.15) is 11.5 Å². The molecule has 0 aliphatic rings. The van der Waals surface area contributed by atoms with Gasteiger partial charge in [-0.3, -0.25) is 4.79 Å². The number of carbonyl (C=O) groups excluding carboxylic acids is 1. The monoisotopic (exact) mass is 369 g/mol. The van der Waals surface area contributed by atoms with Crippen molar-refractivity contribution in [3.63, 3.8) is 0 Å². The maximum atomic E-state index is 12.7. The predicted octanol–water partition coefficient (Wildman–Crippen LogP) is 4.39. The van der Waals surface area contributed by atoms with Gasteiger partial charge in [0, 0.05) is 18.3 Å². The Kier molecular flexibility index (Phi) is 6.55. The summed E-state index contributed by atoms with van der Waals surface area (Å²) in [5, 5.41) is 11.8. The Bertz CT molecular complexity index is 814. The lowest BCUT2D eigenvalue weighted by molar-refractivity contribution is 0.0696. The molecule has 0 unspecified atom stereocenters. The molecule has 2 rings (SSSR count). The first-order valence-electron chi connectivity index (χ1n) is 9.16. The molecule has 0 aliphatic carbocycles. The van der Waals surface area contributed by atoms with Crippen molar-refractivity contribution in [3.05, 3.63) is 53.2 Å². The van der Waals surface area contributed by atoms with E-state index >= 15 is 0 Å². The Hall–Kier alpha value is -2.89. The normalized spacial score (nSPS) is 10.9. The first kappa shape index (κ1) is 20.4. The molecule has 0 fully saturated rings.